The SMILES string of the molecule is CCC1C(C)C(C)C(C)C1(C)C. The summed E-state index contributed by atoms with van der Waals surface area (Å²) in [4.78, 5) is 0. The van der Waals surface area contributed by atoms with E-state index >= 15 is 0 Å². The standard InChI is InChI=1S/C12H24/c1-7-11-9(3)8(2)10(4)12(11,5)6/h8-11H,7H2,1-6H3. The van der Waals surface area contributed by atoms with Crippen LogP contribution in [0.2, 0.25) is 0 Å². The van der Waals surface area contributed by atoms with Gasteiger partial charge in [-0.2, -0.15) is 0 Å². The molecule has 4 unspecified atom stereocenters. The monoisotopic (exact) mass is 168 g/mol. The van der Waals surface area contributed by atoms with Gasteiger partial charge in [-0.1, -0.05) is 48.0 Å². The molecule has 0 heterocycles. The van der Waals surface area contributed by atoms with Crippen molar-refractivity contribution in [1.29, 1.82) is 0 Å². The van der Waals surface area contributed by atoms with Crippen LogP contribution < -0.4 is 0 Å². The fourth-order valence-electron chi connectivity index (χ4n) is 3.41. The Balaban J connectivity index is 2.88. The topological polar surface area (TPSA) is 0 Å². The molecule has 72 valence electrons. The quantitative estimate of drug-likeness (QED) is 0.556. The Labute approximate surface area is 77.7 Å². The molecule has 0 aromatic heterocycles. The van der Waals surface area contributed by atoms with Crippen molar-refractivity contribution in [3.05, 3.63) is 0 Å². The summed E-state index contributed by atoms with van der Waals surface area (Å²) >= 11 is 0. The molecule has 0 heteroatoms. The predicted molar refractivity (Wildman–Crippen MR) is 55.1 cm³/mol. The van der Waals surface area contributed by atoms with Crippen molar-refractivity contribution < 1.29 is 0 Å². The Morgan fingerprint density at radius 2 is 1.50 bits per heavy atom. The molecule has 0 radical (unpaired) electrons. The van der Waals surface area contributed by atoms with E-state index in [1.807, 2.05) is 0 Å². The van der Waals surface area contributed by atoms with Crippen LogP contribution in [0.25, 0.3) is 0 Å². The second-order valence-electron chi connectivity index (χ2n) is 5.34. The summed E-state index contributed by atoms with van der Waals surface area (Å²) < 4.78 is 0. The highest BCUT2D eigenvalue weighted by molar-refractivity contribution is 4.96. The van der Waals surface area contributed by atoms with Gasteiger partial charge in [-0.05, 0) is 29.1 Å². The highest BCUT2D eigenvalue weighted by atomic mass is 14.5. The van der Waals surface area contributed by atoms with Crippen LogP contribution >= 0.6 is 0 Å². The van der Waals surface area contributed by atoms with Gasteiger partial charge in [-0.3, -0.25) is 0 Å². The lowest BCUT2D eigenvalue weighted by atomic mass is 9.73. The van der Waals surface area contributed by atoms with Gasteiger partial charge in [0, 0.05) is 0 Å². The van der Waals surface area contributed by atoms with Gasteiger partial charge in [-0.25, -0.2) is 0 Å². The average molecular weight is 168 g/mol. The predicted octanol–water partition coefficient (Wildman–Crippen LogP) is 3.96. The first kappa shape index (κ1) is 10.1. The van der Waals surface area contributed by atoms with Crippen LogP contribution in [-0.4, -0.2) is 0 Å². The molecule has 0 aliphatic heterocycles. The molecule has 1 aliphatic rings. The second kappa shape index (κ2) is 3.05. The molecule has 1 rings (SSSR count). The Kier molecular flexibility index (Phi) is 2.56. The lowest BCUT2D eigenvalue weighted by molar-refractivity contribution is 0.174. The summed E-state index contributed by atoms with van der Waals surface area (Å²) in [6.07, 6.45) is 1.35. The van der Waals surface area contributed by atoms with Gasteiger partial charge in [0.05, 0.1) is 0 Å². The van der Waals surface area contributed by atoms with Gasteiger partial charge in [0.25, 0.3) is 0 Å². The summed E-state index contributed by atoms with van der Waals surface area (Å²) in [6.45, 7) is 14.5. The van der Waals surface area contributed by atoms with Crippen molar-refractivity contribution in [2.45, 2.75) is 48.0 Å². The highest BCUT2D eigenvalue weighted by Crippen LogP contribution is 2.54. The second-order valence-corrected chi connectivity index (χ2v) is 5.34. The zero-order valence-corrected chi connectivity index (χ0v) is 9.52. The fourth-order valence-corrected chi connectivity index (χ4v) is 3.41. The van der Waals surface area contributed by atoms with E-state index in [1.54, 1.807) is 0 Å². The minimum Gasteiger partial charge on any atom is -0.0651 e. The third kappa shape index (κ3) is 1.20. The summed E-state index contributed by atoms with van der Waals surface area (Å²) in [7, 11) is 0. The lowest BCUT2D eigenvalue weighted by Crippen LogP contribution is -2.24. The van der Waals surface area contributed by atoms with Crippen LogP contribution in [0, 0.1) is 29.1 Å². The first-order chi connectivity index (χ1) is 5.42. The average Bonchev–Trinajstić information content (AvgIpc) is 2.13. The van der Waals surface area contributed by atoms with E-state index in [0.717, 1.165) is 23.7 Å². The van der Waals surface area contributed by atoms with Crippen molar-refractivity contribution in [2.75, 3.05) is 0 Å². The minimum absolute atomic E-state index is 0.563. The van der Waals surface area contributed by atoms with E-state index < -0.39 is 0 Å². The van der Waals surface area contributed by atoms with Gasteiger partial charge in [0.15, 0.2) is 0 Å². The Morgan fingerprint density at radius 1 is 1.00 bits per heavy atom. The fraction of sp³-hybridized carbons (Fsp3) is 1.00. The lowest BCUT2D eigenvalue weighted by Gasteiger charge is -2.32. The summed E-state index contributed by atoms with van der Waals surface area (Å²) in [5, 5.41) is 0. The normalized spacial score (nSPS) is 46.5. The molecule has 0 aromatic carbocycles. The van der Waals surface area contributed by atoms with Gasteiger partial charge < -0.3 is 0 Å². The molecule has 0 nitrogen and oxygen atoms in total. The van der Waals surface area contributed by atoms with Crippen LogP contribution in [0.5, 0.6) is 0 Å². The smallest absolute Gasteiger partial charge is 0.0295 e. The van der Waals surface area contributed by atoms with Crippen LogP contribution in [0.4, 0.5) is 0 Å². The van der Waals surface area contributed by atoms with Gasteiger partial charge in [-0.15, -0.1) is 0 Å². The van der Waals surface area contributed by atoms with E-state index in [1.165, 1.54) is 6.42 Å². The van der Waals surface area contributed by atoms with Crippen molar-refractivity contribution in [3.63, 3.8) is 0 Å². The zero-order valence-electron chi connectivity index (χ0n) is 9.52. The Hall–Kier alpha value is 0. The molecule has 0 bridgehead atoms. The Bertz CT molecular complexity index is 157. The Morgan fingerprint density at radius 3 is 1.67 bits per heavy atom. The van der Waals surface area contributed by atoms with Crippen LogP contribution in [0.3, 0.4) is 0 Å². The molecule has 0 N–H and O–H groups in total. The molecular weight excluding hydrogens is 144 g/mol. The largest absolute Gasteiger partial charge is 0.0651 e. The molecule has 0 amide bonds. The van der Waals surface area contributed by atoms with Gasteiger partial charge in [0.1, 0.15) is 0 Å². The van der Waals surface area contributed by atoms with E-state index in [4.69, 9.17) is 0 Å². The summed E-state index contributed by atoms with van der Waals surface area (Å²) in [5.74, 6) is 3.64. The first-order valence-electron chi connectivity index (χ1n) is 5.42. The van der Waals surface area contributed by atoms with Crippen LogP contribution in [0.15, 0.2) is 0 Å². The van der Waals surface area contributed by atoms with Crippen molar-refractivity contribution in [2.24, 2.45) is 29.1 Å². The summed E-state index contributed by atoms with van der Waals surface area (Å²) in [6, 6.07) is 0. The van der Waals surface area contributed by atoms with E-state index in [2.05, 4.69) is 41.5 Å². The highest BCUT2D eigenvalue weighted by Gasteiger charge is 2.48. The molecule has 12 heavy (non-hydrogen) atoms. The summed E-state index contributed by atoms with van der Waals surface area (Å²) in [5.41, 5.74) is 0.563. The van der Waals surface area contributed by atoms with Crippen molar-refractivity contribution >= 4 is 0 Å². The minimum atomic E-state index is 0.563. The van der Waals surface area contributed by atoms with E-state index in [0.29, 0.717) is 5.41 Å². The van der Waals surface area contributed by atoms with Crippen LogP contribution in [0.1, 0.15) is 48.0 Å². The first-order valence-corrected chi connectivity index (χ1v) is 5.42. The molecule has 0 aromatic rings. The maximum atomic E-state index is 2.45. The molecule has 0 saturated heterocycles. The van der Waals surface area contributed by atoms with Gasteiger partial charge >= 0.3 is 0 Å². The van der Waals surface area contributed by atoms with E-state index in [9.17, 15) is 0 Å². The molecule has 1 saturated carbocycles. The molecule has 0 spiro atoms. The van der Waals surface area contributed by atoms with Crippen molar-refractivity contribution in [3.8, 4) is 0 Å². The van der Waals surface area contributed by atoms with Crippen LogP contribution in [-0.2, 0) is 0 Å². The third-order valence-corrected chi connectivity index (χ3v) is 4.82. The maximum absolute atomic E-state index is 2.45. The molecule has 1 aliphatic carbocycles. The zero-order chi connectivity index (χ0) is 9.52. The van der Waals surface area contributed by atoms with E-state index in [-0.39, 0.29) is 0 Å². The third-order valence-electron chi connectivity index (χ3n) is 4.82. The molecule has 1 fully saturated rings. The van der Waals surface area contributed by atoms with Gasteiger partial charge in [0.2, 0.25) is 0 Å². The molecule has 4 atom stereocenters. The number of hydrogen-bond donors (Lipinski definition) is 0. The maximum Gasteiger partial charge on any atom is -0.0295 e. The number of rotatable bonds is 1. The molecular formula is C12H24. The number of hydrogen-bond acceptors (Lipinski definition) is 0. The van der Waals surface area contributed by atoms with Crippen molar-refractivity contribution in [1.82, 2.24) is 0 Å².